The van der Waals surface area contributed by atoms with Gasteiger partial charge in [-0.2, -0.15) is 0 Å². The van der Waals surface area contributed by atoms with E-state index in [1.807, 2.05) is 24.8 Å². The number of hydrogen-bond acceptors (Lipinski definition) is 5. The number of carbonyl (C=O) groups is 1. The lowest BCUT2D eigenvalue weighted by atomic mass is 9.99. The minimum Gasteiger partial charge on any atom is -0.458 e. The van der Waals surface area contributed by atoms with Crippen LogP contribution in [0.4, 0.5) is 0 Å². The fourth-order valence-electron chi connectivity index (χ4n) is 3.12. The second kappa shape index (κ2) is 6.60. The number of carbonyl (C=O) groups excluding carboxylic acids is 1. The maximum Gasteiger partial charge on any atom is 0.317 e. The van der Waals surface area contributed by atoms with Gasteiger partial charge >= 0.3 is 6.01 Å². The van der Waals surface area contributed by atoms with Gasteiger partial charge < -0.3 is 14.4 Å². The molecule has 1 amide bonds. The minimum absolute atomic E-state index is 0.00927. The van der Waals surface area contributed by atoms with Gasteiger partial charge in [0.25, 0.3) is 0 Å². The Balaban J connectivity index is 1.56. The van der Waals surface area contributed by atoms with Crippen molar-refractivity contribution in [1.82, 2.24) is 14.9 Å². The van der Waals surface area contributed by atoms with Gasteiger partial charge in [-0.25, -0.2) is 9.97 Å². The molecular formula is C16H23N3O3. The van der Waals surface area contributed by atoms with Crippen LogP contribution >= 0.6 is 0 Å². The molecule has 2 fully saturated rings. The Morgan fingerprint density at radius 3 is 2.59 bits per heavy atom. The van der Waals surface area contributed by atoms with Crippen LogP contribution in [0.25, 0.3) is 0 Å². The molecule has 6 heteroatoms. The van der Waals surface area contributed by atoms with Crippen LogP contribution < -0.4 is 4.74 Å². The van der Waals surface area contributed by atoms with E-state index < -0.39 is 0 Å². The highest BCUT2D eigenvalue weighted by Gasteiger charge is 2.32. The van der Waals surface area contributed by atoms with E-state index in [0.29, 0.717) is 25.8 Å². The van der Waals surface area contributed by atoms with Crippen molar-refractivity contribution in [3.63, 3.8) is 0 Å². The molecule has 2 saturated heterocycles. The first-order chi connectivity index (χ1) is 10.6. The van der Waals surface area contributed by atoms with E-state index in [0.717, 1.165) is 37.2 Å². The largest absolute Gasteiger partial charge is 0.458 e. The Labute approximate surface area is 130 Å². The Hall–Kier alpha value is -1.69. The van der Waals surface area contributed by atoms with Crippen molar-refractivity contribution >= 4 is 5.91 Å². The maximum atomic E-state index is 12.5. The Kier molecular flexibility index (Phi) is 4.57. The zero-order chi connectivity index (χ0) is 15.5. The van der Waals surface area contributed by atoms with Gasteiger partial charge in [0, 0.05) is 43.5 Å². The Morgan fingerprint density at radius 2 is 1.91 bits per heavy atom. The summed E-state index contributed by atoms with van der Waals surface area (Å²) in [5.41, 5.74) is 1.80. The monoisotopic (exact) mass is 305 g/mol. The van der Waals surface area contributed by atoms with E-state index in [1.54, 1.807) is 0 Å². The quantitative estimate of drug-likeness (QED) is 0.847. The van der Waals surface area contributed by atoms with Crippen molar-refractivity contribution in [3.8, 4) is 6.01 Å². The summed E-state index contributed by atoms with van der Waals surface area (Å²) in [5.74, 6) is 0.362. The highest BCUT2D eigenvalue weighted by molar-refractivity contribution is 5.79. The molecule has 1 aromatic heterocycles. The number of aromatic nitrogens is 2. The molecule has 2 aliphatic heterocycles. The van der Waals surface area contributed by atoms with Gasteiger partial charge in [-0.15, -0.1) is 0 Å². The maximum absolute atomic E-state index is 12.5. The average Bonchev–Trinajstić information content (AvgIpc) is 2.95. The van der Waals surface area contributed by atoms with Gasteiger partial charge in [0.2, 0.25) is 5.91 Å². The SMILES string of the molecule is Cc1cc(C)nc(OC2CCN(C(=O)C3CCOCC3)C2)n1. The number of amides is 1. The lowest BCUT2D eigenvalue weighted by Crippen LogP contribution is -2.38. The summed E-state index contributed by atoms with van der Waals surface area (Å²) in [4.78, 5) is 23.0. The van der Waals surface area contributed by atoms with Gasteiger partial charge in [-0.3, -0.25) is 4.79 Å². The van der Waals surface area contributed by atoms with E-state index >= 15 is 0 Å². The van der Waals surface area contributed by atoms with Crippen molar-refractivity contribution in [1.29, 1.82) is 0 Å². The molecule has 3 rings (SSSR count). The summed E-state index contributed by atoms with van der Waals surface area (Å²) in [6, 6.07) is 2.34. The molecule has 0 N–H and O–H groups in total. The van der Waals surface area contributed by atoms with Crippen molar-refractivity contribution < 1.29 is 14.3 Å². The highest BCUT2D eigenvalue weighted by atomic mass is 16.5. The van der Waals surface area contributed by atoms with Crippen LogP contribution in [0.15, 0.2) is 6.07 Å². The number of ether oxygens (including phenoxy) is 2. The topological polar surface area (TPSA) is 64.5 Å². The molecule has 22 heavy (non-hydrogen) atoms. The molecule has 2 aliphatic rings. The third-order valence-corrected chi connectivity index (χ3v) is 4.26. The van der Waals surface area contributed by atoms with E-state index in [1.165, 1.54) is 0 Å². The molecule has 0 saturated carbocycles. The van der Waals surface area contributed by atoms with Gasteiger partial charge in [0.1, 0.15) is 6.10 Å². The van der Waals surface area contributed by atoms with Crippen LogP contribution in [0, 0.1) is 19.8 Å². The van der Waals surface area contributed by atoms with Crippen LogP contribution in [-0.2, 0) is 9.53 Å². The first-order valence-electron chi connectivity index (χ1n) is 7.97. The van der Waals surface area contributed by atoms with Crippen LogP contribution in [0.2, 0.25) is 0 Å². The summed E-state index contributed by atoms with van der Waals surface area (Å²) in [6.45, 7) is 6.63. The fourth-order valence-corrected chi connectivity index (χ4v) is 3.12. The summed E-state index contributed by atoms with van der Waals surface area (Å²) >= 11 is 0. The second-order valence-electron chi connectivity index (χ2n) is 6.13. The number of likely N-dealkylation sites (tertiary alicyclic amines) is 1. The molecular weight excluding hydrogens is 282 g/mol. The van der Waals surface area contributed by atoms with Crippen LogP contribution in [-0.4, -0.2) is 53.2 Å². The average molecular weight is 305 g/mol. The zero-order valence-corrected chi connectivity index (χ0v) is 13.2. The molecule has 1 aromatic rings. The van der Waals surface area contributed by atoms with Crippen molar-refractivity contribution in [3.05, 3.63) is 17.5 Å². The molecule has 0 aliphatic carbocycles. The Bertz CT molecular complexity index is 523. The van der Waals surface area contributed by atoms with Crippen molar-refractivity contribution in [2.45, 2.75) is 39.2 Å². The molecule has 3 heterocycles. The van der Waals surface area contributed by atoms with Crippen molar-refractivity contribution in [2.75, 3.05) is 26.3 Å². The number of rotatable bonds is 3. The first-order valence-corrected chi connectivity index (χ1v) is 7.97. The third-order valence-electron chi connectivity index (χ3n) is 4.26. The van der Waals surface area contributed by atoms with E-state index in [9.17, 15) is 4.79 Å². The number of aryl methyl sites for hydroxylation is 2. The molecule has 1 atom stereocenters. The van der Waals surface area contributed by atoms with Gasteiger partial charge in [0.15, 0.2) is 0 Å². The molecule has 0 bridgehead atoms. The highest BCUT2D eigenvalue weighted by Crippen LogP contribution is 2.22. The molecule has 0 radical (unpaired) electrons. The zero-order valence-electron chi connectivity index (χ0n) is 13.2. The van der Waals surface area contributed by atoms with E-state index in [4.69, 9.17) is 9.47 Å². The van der Waals surface area contributed by atoms with E-state index in [2.05, 4.69) is 9.97 Å². The standard InChI is InChI=1S/C16H23N3O3/c1-11-9-12(2)18-16(17-11)22-14-3-6-19(10-14)15(20)13-4-7-21-8-5-13/h9,13-14H,3-8,10H2,1-2H3. The molecule has 1 unspecified atom stereocenters. The predicted molar refractivity (Wildman–Crippen MR) is 80.7 cm³/mol. The van der Waals surface area contributed by atoms with Gasteiger partial charge in [-0.05, 0) is 32.8 Å². The van der Waals surface area contributed by atoms with Crippen LogP contribution in [0.3, 0.4) is 0 Å². The molecule has 0 aromatic carbocycles. The van der Waals surface area contributed by atoms with Crippen molar-refractivity contribution in [2.24, 2.45) is 5.92 Å². The molecule has 120 valence electrons. The normalized spacial score (nSPS) is 22.8. The lowest BCUT2D eigenvalue weighted by Gasteiger charge is -2.26. The molecule has 6 nitrogen and oxygen atoms in total. The summed E-state index contributed by atoms with van der Waals surface area (Å²) < 4.78 is 11.2. The van der Waals surface area contributed by atoms with E-state index in [-0.39, 0.29) is 17.9 Å². The van der Waals surface area contributed by atoms with Gasteiger partial charge in [0.05, 0.1) is 6.54 Å². The first kappa shape index (κ1) is 15.2. The summed E-state index contributed by atoms with van der Waals surface area (Å²) in [7, 11) is 0. The lowest BCUT2D eigenvalue weighted by molar-refractivity contribution is -0.137. The number of nitrogens with zero attached hydrogens (tertiary/aromatic N) is 3. The van der Waals surface area contributed by atoms with Crippen LogP contribution in [0.1, 0.15) is 30.7 Å². The van der Waals surface area contributed by atoms with Gasteiger partial charge in [-0.1, -0.05) is 0 Å². The summed E-state index contributed by atoms with van der Waals surface area (Å²) in [5, 5.41) is 0. The second-order valence-corrected chi connectivity index (χ2v) is 6.13. The van der Waals surface area contributed by atoms with Crippen LogP contribution in [0.5, 0.6) is 6.01 Å². The number of hydrogen-bond donors (Lipinski definition) is 0. The smallest absolute Gasteiger partial charge is 0.317 e. The fraction of sp³-hybridized carbons (Fsp3) is 0.688. The third kappa shape index (κ3) is 3.55. The molecule has 0 spiro atoms. The predicted octanol–water partition coefficient (Wildman–Crippen LogP) is 1.50. The summed E-state index contributed by atoms with van der Waals surface area (Å²) in [6.07, 6.45) is 2.50. The minimum atomic E-state index is -0.00927. The Morgan fingerprint density at radius 1 is 1.23 bits per heavy atom.